The zero-order valence-electron chi connectivity index (χ0n) is 15.7. The van der Waals surface area contributed by atoms with E-state index in [4.69, 9.17) is 5.73 Å². The Labute approximate surface area is 166 Å². The van der Waals surface area contributed by atoms with Crippen LogP contribution < -0.4 is 11.1 Å². The van der Waals surface area contributed by atoms with E-state index in [2.05, 4.69) is 43.2 Å². The van der Waals surface area contributed by atoms with Gasteiger partial charge in [0, 0.05) is 50.2 Å². The number of piperidine rings is 1. The minimum absolute atomic E-state index is 0.0949. The topological polar surface area (TPSA) is 115 Å². The van der Waals surface area contributed by atoms with Gasteiger partial charge >= 0.3 is 5.69 Å². The highest BCUT2D eigenvalue weighted by Gasteiger charge is 2.27. The highest BCUT2D eigenvalue weighted by Crippen LogP contribution is 2.35. The lowest BCUT2D eigenvalue weighted by atomic mass is 10.0. The molecule has 0 atom stereocenters. The number of halogens is 1. The van der Waals surface area contributed by atoms with Crippen molar-refractivity contribution in [3.05, 3.63) is 37.7 Å². The number of hydrogen-bond acceptors (Lipinski definition) is 7. The molecule has 0 amide bonds. The Kier molecular flexibility index (Phi) is 5.66. The van der Waals surface area contributed by atoms with Crippen molar-refractivity contribution in [2.45, 2.75) is 39.3 Å². The van der Waals surface area contributed by atoms with Crippen LogP contribution in [0, 0.1) is 24.0 Å². The molecule has 3 rings (SSSR count). The fraction of sp³-hybridized carbons (Fsp3) is 0.529. The molecule has 9 nitrogen and oxygen atoms in total. The molecule has 1 saturated heterocycles. The number of nitrogen functional groups attached to an aromatic ring is 1. The van der Waals surface area contributed by atoms with Gasteiger partial charge in [-0.25, -0.2) is 4.98 Å². The number of nitrogens with zero attached hydrogens (tertiary/aromatic N) is 5. The van der Waals surface area contributed by atoms with Crippen molar-refractivity contribution in [1.82, 2.24) is 19.7 Å². The fourth-order valence-corrected chi connectivity index (χ4v) is 3.77. The number of hydrogen-bond donors (Lipinski definition) is 2. The van der Waals surface area contributed by atoms with E-state index >= 15 is 0 Å². The van der Waals surface area contributed by atoms with Gasteiger partial charge < -0.3 is 11.1 Å². The summed E-state index contributed by atoms with van der Waals surface area (Å²) in [7, 11) is 1.96. The molecule has 3 N–H and O–H groups in total. The second-order valence-corrected chi connectivity index (χ2v) is 7.80. The first-order chi connectivity index (χ1) is 12.8. The third-order valence-corrected chi connectivity index (χ3v) is 5.83. The molecule has 0 aromatic carbocycles. The van der Waals surface area contributed by atoms with Crippen LogP contribution >= 0.6 is 15.9 Å². The highest BCUT2D eigenvalue weighted by atomic mass is 79.9. The second-order valence-electron chi connectivity index (χ2n) is 6.94. The van der Waals surface area contributed by atoms with E-state index in [0.29, 0.717) is 4.47 Å². The molecular weight excluding hydrogens is 414 g/mol. The minimum atomic E-state index is -0.488. The predicted molar refractivity (Wildman–Crippen MR) is 108 cm³/mol. The predicted octanol–water partition coefficient (Wildman–Crippen LogP) is 2.76. The summed E-state index contributed by atoms with van der Waals surface area (Å²) < 4.78 is 2.35. The van der Waals surface area contributed by atoms with Gasteiger partial charge in [-0.3, -0.25) is 19.7 Å². The molecule has 0 radical (unpaired) electrons. The normalized spacial score (nSPS) is 15.9. The first kappa shape index (κ1) is 19.6. The van der Waals surface area contributed by atoms with Crippen LogP contribution in [-0.4, -0.2) is 43.7 Å². The van der Waals surface area contributed by atoms with Gasteiger partial charge in [0.25, 0.3) is 0 Å². The molecule has 2 aromatic heterocycles. The molecule has 1 aliphatic heterocycles. The fourth-order valence-electron chi connectivity index (χ4n) is 3.48. The van der Waals surface area contributed by atoms with Crippen molar-refractivity contribution in [1.29, 1.82) is 0 Å². The second kappa shape index (κ2) is 7.81. The summed E-state index contributed by atoms with van der Waals surface area (Å²) in [5.74, 6) is 0.234. The Balaban J connectivity index is 1.64. The Bertz CT molecular complexity index is 859. The molecule has 1 aliphatic rings. The van der Waals surface area contributed by atoms with Crippen LogP contribution in [0.4, 0.5) is 17.2 Å². The summed E-state index contributed by atoms with van der Waals surface area (Å²) in [5, 5.41) is 19.1. The lowest BCUT2D eigenvalue weighted by Gasteiger charge is -2.32. The van der Waals surface area contributed by atoms with Crippen LogP contribution in [0.2, 0.25) is 0 Å². The molecule has 0 unspecified atom stereocenters. The summed E-state index contributed by atoms with van der Waals surface area (Å²) >= 11 is 3.19. The van der Waals surface area contributed by atoms with Gasteiger partial charge in [0.2, 0.25) is 5.82 Å². The van der Waals surface area contributed by atoms with Crippen LogP contribution in [0.1, 0.15) is 29.8 Å². The van der Waals surface area contributed by atoms with E-state index in [1.807, 2.05) is 18.7 Å². The van der Waals surface area contributed by atoms with Crippen molar-refractivity contribution < 1.29 is 4.92 Å². The van der Waals surface area contributed by atoms with Gasteiger partial charge in [0.1, 0.15) is 5.69 Å². The molecule has 0 bridgehead atoms. The van der Waals surface area contributed by atoms with Crippen molar-refractivity contribution in [3.8, 4) is 0 Å². The number of anilines is 2. The number of rotatable bonds is 5. The molecule has 0 saturated carbocycles. The zero-order valence-corrected chi connectivity index (χ0v) is 17.3. The molecule has 3 heterocycles. The first-order valence-corrected chi connectivity index (χ1v) is 9.63. The molecule has 146 valence electrons. The summed E-state index contributed by atoms with van der Waals surface area (Å²) in [6.07, 6.45) is 3.26. The highest BCUT2D eigenvalue weighted by molar-refractivity contribution is 9.10. The zero-order chi connectivity index (χ0) is 19.7. The molecule has 10 heteroatoms. The number of nitrogens with two attached hydrogens (primary N) is 1. The lowest BCUT2D eigenvalue weighted by molar-refractivity contribution is -0.383. The molecule has 0 aliphatic carbocycles. The molecule has 27 heavy (non-hydrogen) atoms. The first-order valence-electron chi connectivity index (χ1n) is 8.84. The van der Waals surface area contributed by atoms with Crippen LogP contribution in [0.15, 0.2) is 10.7 Å². The van der Waals surface area contributed by atoms with Crippen LogP contribution in [0.25, 0.3) is 0 Å². The number of aromatic nitrogens is 3. The van der Waals surface area contributed by atoms with Gasteiger partial charge in [-0.15, -0.1) is 0 Å². The average molecular weight is 438 g/mol. The third kappa shape index (κ3) is 4.06. The molecular formula is C17H24BrN7O2. The summed E-state index contributed by atoms with van der Waals surface area (Å²) in [6.45, 7) is 6.82. The van der Waals surface area contributed by atoms with E-state index in [9.17, 15) is 10.1 Å². The lowest BCUT2D eigenvalue weighted by Crippen LogP contribution is -2.39. The van der Waals surface area contributed by atoms with Gasteiger partial charge in [0.15, 0.2) is 0 Å². The van der Waals surface area contributed by atoms with Gasteiger partial charge in [-0.2, -0.15) is 5.10 Å². The van der Waals surface area contributed by atoms with E-state index in [-0.39, 0.29) is 23.2 Å². The van der Waals surface area contributed by atoms with Gasteiger partial charge in [-0.05, 0) is 42.6 Å². The van der Waals surface area contributed by atoms with E-state index in [1.165, 1.54) is 17.5 Å². The third-order valence-electron chi connectivity index (χ3n) is 5.20. The Hall–Kier alpha value is -2.20. The maximum atomic E-state index is 11.4. The van der Waals surface area contributed by atoms with Crippen molar-refractivity contribution in [2.24, 2.45) is 7.05 Å². The number of aryl methyl sites for hydroxylation is 2. The Morgan fingerprint density at radius 1 is 1.41 bits per heavy atom. The minimum Gasteiger partial charge on any atom is -0.392 e. The Morgan fingerprint density at radius 2 is 2.07 bits per heavy atom. The molecule has 0 spiro atoms. The molecule has 2 aromatic rings. The quantitative estimate of drug-likeness (QED) is 0.545. The Morgan fingerprint density at radius 3 is 2.63 bits per heavy atom. The smallest absolute Gasteiger partial charge is 0.335 e. The van der Waals surface area contributed by atoms with Crippen molar-refractivity contribution in [2.75, 3.05) is 24.1 Å². The summed E-state index contributed by atoms with van der Waals surface area (Å²) in [5.41, 5.74) is 9.31. The number of likely N-dealkylation sites (tertiary alicyclic amines) is 1. The van der Waals surface area contributed by atoms with Crippen molar-refractivity contribution in [3.63, 3.8) is 0 Å². The number of nitrogens with one attached hydrogen (secondary N) is 1. The van der Waals surface area contributed by atoms with Crippen LogP contribution in [0.3, 0.4) is 0 Å². The van der Waals surface area contributed by atoms with Gasteiger partial charge in [-0.1, -0.05) is 0 Å². The molecule has 1 fully saturated rings. The largest absolute Gasteiger partial charge is 0.392 e. The van der Waals surface area contributed by atoms with Crippen molar-refractivity contribution >= 4 is 33.1 Å². The summed E-state index contributed by atoms with van der Waals surface area (Å²) in [4.78, 5) is 17.4. The van der Waals surface area contributed by atoms with Gasteiger partial charge in [0.05, 0.1) is 15.1 Å². The summed E-state index contributed by atoms with van der Waals surface area (Å²) in [6, 6.07) is 0.129. The van der Waals surface area contributed by atoms with Crippen LogP contribution in [0.5, 0.6) is 0 Å². The number of nitro groups is 1. The van der Waals surface area contributed by atoms with Crippen LogP contribution in [-0.2, 0) is 13.6 Å². The standard InChI is InChI=1S/C17H24BrN7O2/c1-10-13(11(2)23(3)22-10)9-24-6-4-12(5-7-24)21-17-16(25(26)27)15(19)14(18)8-20-17/h8,12H,4-7,9H2,1-3H3,(H3,19,20,21). The SMILES string of the molecule is Cc1nn(C)c(C)c1CN1CCC(Nc2ncc(Br)c(N)c2[N+](=O)[O-])CC1. The number of pyridine rings is 1. The maximum absolute atomic E-state index is 11.4. The van der Waals surface area contributed by atoms with E-state index in [0.717, 1.165) is 38.2 Å². The maximum Gasteiger partial charge on any atom is 0.335 e. The monoisotopic (exact) mass is 437 g/mol. The average Bonchev–Trinajstić information content (AvgIpc) is 2.85. The van der Waals surface area contributed by atoms with E-state index in [1.54, 1.807) is 0 Å². The van der Waals surface area contributed by atoms with E-state index < -0.39 is 4.92 Å².